The van der Waals surface area contributed by atoms with Crippen LogP contribution in [0.25, 0.3) is 0 Å². The molecule has 0 atom stereocenters. The summed E-state index contributed by atoms with van der Waals surface area (Å²) < 4.78 is 27.7. The summed E-state index contributed by atoms with van der Waals surface area (Å²) in [5, 5.41) is 27.3. The van der Waals surface area contributed by atoms with Crippen LogP contribution in [-0.4, -0.2) is 48.2 Å². The van der Waals surface area contributed by atoms with Crippen LogP contribution in [0.4, 0.5) is 27.5 Å². The van der Waals surface area contributed by atoms with Gasteiger partial charge in [0.1, 0.15) is 16.3 Å². The average molecular weight is 521 g/mol. The Morgan fingerprint density at radius 1 is 0.971 bits per heavy atom. The number of piperidine rings is 1. The Bertz CT molecular complexity index is 1440. The number of hydrogen-bond donors (Lipinski definition) is 5. The standard InChI is InChI=1S/C22H21ClN4O7S/c23-14-6-7-15(26-17-16(19(29)20(17)30)24-12-4-2-1-3-5-12)18(28)21(14)35(33,34)27-10-8-13(9-11-27)25-22(31)32/h1-7,13,24-26,28H,8-11H2,(H,31,32). The van der Waals surface area contributed by atoms with E-state index in [4.69, 9.17) is 16.7 Å². The highest BCUT2D eigenvalue weighted by Crippen LogP contribution is 2.40. The van der Waals surface area contributed by atoms with Gasteiger partial charge in [-0.05, 0) is 37.1 Å². The molecule has 1 aliphatic heterocycles. The van der Waals surface area contributed by atoms with Crippen LogP contribution in [0, 0.1) is 0 Å². The van der Waals surface area contributed by atoms with Crippen LogP contribution in [0.1, 0.15) is 12.8 Å². The summed E-state index contributed by atoms with van der Waals surface area (Å²) >= 11 is 6.15. The second-order valence-electron chi connectivity index (χ2n) is 7.92. The van der Waals surface area contributed by atoms with Crippen molar-refractivity contribution >= 4 is 50.5 Å². The van der Waals surface area contributed by atoms with Crippen molar-refractivity contribution in [2.75, 3.05) is 23.7 Å². The molecule has 4 rings (SSSR count). The number of nitrogens with zero attached hydrogens (tertiary/aromatic N) is 1. The third-order valence-corrected chi connectivity index (χ3v) is 8.08. The molecule has 0 saturated carbocycles. The molecule has 0 bridgehead atoms. The van der Waals surface area contributed by atoms with Gasteiger partial charge in [0.05, 0.1) is 10.7 Å². The van der Waals surface area contributed by atoms with Crippen molar-refractivity contribution in [1.29, 1.82) is 0 Å². The van der Waals surface area contributed by atoms with Crippen LogP contribution in [-0.2, 0) is 10.0 Å². The first-order chi connectivity index (χ1) is 16.6. The third kappa shape index (κ3) is 4.81. The zero-order chi connectivity index (χ0) is 25.3. The van der Waals surface area contributed by atoms with Gasteiger partial charge in [-0.15, -0.1) is 0 Å². The molecule has 5 N–H and O–H groups in total. The van der Waals surface area contributed by atoms with Gasteiger partial charge in [-0.25, -0.2) is 13.2 Å². The van der Waals surface area contributed by atoms with E-state index in [1.54, 1.807) is 30.3 Å². The van der Waals surface area contributed by atoms with Crippen LogP contribution < -0.4 is 26.8 Å². The molecule has 184 valence electrons. The van der Waals surface area contributed by atoms with E-state index >= 15 is 0 Å². The van der Waals surface area contributed by atoms with Crippen molar-refractivity contribution < 1.29 is 23.4 Å². The molecular weight excluding hydrogens is 500 g/mol. The number of hydrogen-bond acceptors (Lipinski definition) is 8. The molecule has 0 aromatic heterocycles. The molecule has 1 fully saturated rings. The number of amides is 1. The first-order valence-electron chi connectivity index (χ1n) is 10.5. The van der Waals surface area contributed by atoms with Gasteiger partial charge < -0.3 is 26.2 Å². The number of para-hydroxylation sites is 1. The molecule has 3 aromatic carbocycles. The van der Waals surface area contributed by atoms with Crippen LogP contribution in [0.3, 0.4) is 0 Å². The van der Waals surface area contributed by atoms with E-state index in [1.165, 1.54) is 12.1 Å². The number of phenols is 1. The maximum absolute atomic E-state index is 13.3. The fourth-order valence-electron chi connectivity index (χ4n) is 3.87. The number of benzene rings is 2. The van der Waals surface area contributed by atoms with Gasteiger partial charge in [-0.2, -0.15) is 4.31 Å². The van der Waals surface area contributed by atoms with Gasteiger partial charge in [-0.1, -0.05) is 29.8 Å². The van der Waals surface area contributed by atoms with E-state index in [2.05, 4.69) is 16.0 Å². The number of aromatic hydroxyl groups is 1. The topological polar surface area (TPSA) is 165 Å². The summed E-state index contributed by atoms with van der Waals surface area (Å²) in [5.74, 6) is -0.706. The van der Waals surface area contributed by atoms with Gasteiger partial charge in [-0.3, -0.25) is 9.59 Å². The zero-order valence-electron chi connectivity index (χ0n) is 18.1. The zero-order valence-corrected chi connectivity index (χ0v) is 19.7. The van der Waals surface area contributed by atoms with E-state index in [-0.39, 0.29) is 54.1 Å². The van der Waals surface area contributed by atoms with Gasteiger partial charge in [0.15, 0.2) is 5.75 Å². The highest BCUT2D eigenvalue weighted by Gasteiger charge is 2.34. The first kappa shape index (κ1) is 24.5. The van der Waals surface area contributed by atoms with Crippen molar-refractivity contribution in [1.82, 2.24) is 9.62 Å². The van der Waals surface area contributed by atoms with Crippen molar-refractivity contribution in [2.45, 2.75) is 23.8 Å². The number of halogens is 1. The van der Waals surface area contributed by atoms with Crippen LogP contribution >= 0.6 is 11.6 Å². The molecule has 0 aliphatic carbocycles. The molecule has 0 radical (unpaired) electrons. The van der Waals surface area contributed by atoms with Gasteiger partial charge >= 0.3 is 6.09 Å². The van der Waals surface area contributed by atoms with E-state index in [9.17, 15) is 27.9 Å². The molecule has 3 aromatic rings. The maximum atomic E-state index is 13.3. The van der Waals surface area contributed by atoms with E-state index in [0.717, 1.165) is 4.31 Å². The highest BCUT2D eigenvalue weighted by molar-refractivity contribution is 7.89. The van der Waals surface area contributed by atoms with Crippen molar-refractivity contribution in [3.05, 3.63) is 67.9 Å². The summed E-state index contributed by atoms with van der Waals surface area (Å²) in [6.07, 6.45) is -0.690. The van der Waals surface area contributed by atoms with Crippen molar-refractivity contribution in [2.24, 2.45) is 0 Å². The second kappa shape index (κ2) is 9.56. The maximum Gasteiger partial charge on any atom is 0.404 e. The number of anilines is 4. The number of carbonyl (C=O) groups is 1. The Kier molecular flexibility index (Phi) is 6.70. The largest absolute Gasteiger partial charge is 0.504 e. The number of sulfonamides is 1. The average Bonchev–Trinajstić information content (AvgIpc) is 2.82. The second-order valence-corrected chi connectivity index (χ2v) is 10.2. The monoisotopic (exact) mass is 520 g/mol. The summed E-state index contributed by atoms with van der Waals surface area (Å²) in [6.45, 7) is 0.0357. The lowest BCUT2D eigenvalue weighted by atomic mass is 10.1. The fraction of sp³-hybridized carbons (Fsp3) is 0.227. The number of rotatable bonds is 7. The van der Waals surface area contributed by atoms with Gasteiger partial charge in [0.2, 0.25) is 10.0 Å². The molecule has 1 heterocycles. The lowest BCUT2D eigenvalue weighted by molar-refractivity contribution is 0.183. The summed E-state index contributed by atoms with van der Waals surface area (Å²) in [6, 6.07) is 10.8. The Hall–Kier alpha value is -3.61. The Labute approximate surface area is 204 Å². The molecule has 13 heteroatoms. The predicted octanol–water partition coefficient (Wildman–Crippen LogP) is 2.55. The smallest absolute Gasteiger partial charge is 0.404 e. The minimum atomic E-state index is -4.26. The SMILES string of the molecule is O=C(O)NC1CCN(S(=O)(=O)c2c(Cl)ccc(Nc3c(Nc4ccccc4)c(=O)c3=O)c2O)CC1. The molecular formula is C22H21ClN4O7S. The summed E-state index contributed by atoms with van der Waals surface area (Å²) in [7, 11) is -4.26. The lowest BCUT2D eigenvalue weighted by Gasteiger charge is -2.31. The highest BCUT2D eigenvalue weighted by atomic mass is 35.5. The van der Waals surface area contributed by atoms with Crippen molar-refractivity contribution in [3.8, 4) is 5.75 Å². The molecule has 1 amide bonds. The van der Waals surface area contributed by atoms with Crippen molar-refractivity contribution in [3.63, 3.8) is 0 Å². The van der Waals surface area contributed by atoms with Crippen LogP contribution in [0.5, 0.6) is 5.75 Å². The lowest BCUT2D eigenvalue weighted by Crippen LogP contribution is -2.46. The molecule has 0 unspecified atom stereocenters. The summed E-state index contributed by atoms with van der Waals surface area (Å²) in [4.78, 5) is 34.6. The molecule has 35 heavy (non-hydrogen) atoms. The van der Waals surface area contributed by atoms with E-state index < -0.39 is 37.6 Å². The first-order valence-corrected chi connectivity index (χ1v) is 12.3. The van der Waals surface area contributed by atoms with Gasteiger partial charge in [0, 0.05) is 24.8 Å². The number of nitrogens with one attached hydrogen (secondary N) is 3. The Balaban J connectivity index is 1.60. The number of phenolic OH excluding ortho intramolecular Hbond substituents is 1. The van der Waals surface area contributed by atoms with Crippen LogP contribution in [0.15, 0.2) is 56.9 Å². The molecule has 1 saturated heterocycles. The molecule has 1 aliphatic rings. The molecule has 0 spiro atoms. The fourth-order valence-corrected chi connectivity index (χ4v) is 5.93. The Morgan fingerprint density at radius 3 is 2.17 bits per heavy atom. The number of carboxylic acid groups (broad SMARTS) is 1. The van der Waals surface area contributed by atoms with Gasteiger partial charge in [0.25, 0.3) is 10.9 Å². The normalized spacial score (nSPS) is 15.1. The third-order valence-electron chi connectivity index (χ3n) is 5.68. The Morgan fingerprint density at radius 2 is 1.57 bits per heavy atom. The minimum Gasteiger partial charge on any atom is -0.504 e. The van der Waals surface area contributed by atoms with E-state index in [1.807, 2.05) is 0 Å². The quantitative estimate of drug-likeness (QED) is 0.232. The van der Waals surface area contributed by atoms with E-state index in [0.29, 0.717) is 5.69 Å². The predicted molar refractivity (Wildman–Crippen MR) is 130 cm³/mol. The van der Waals surface area contributed by atoms with Crippen LogP contribution in [0.2, 0.25) is 5.02 Å². The minimum absolute atomic E-state index is 0.0178. The summed E-state index contributed by atoms with van der Waals surface area (Å²) in [5.41, 5.74) is -1.29. The molecule has 11 nitrogen and oxygen atoms in total.